The fraction of sp³-hybridized carbons (Fsp3) is 0.667. The summed E-state index contributed by atoms with van der Waals surface area (Å²) in [6.07, 6.45) is 13.0. The maximum atomic E-state index is 10.3. The SMILES string of the molecule is O.O=S(=O)(O)OCCCCCCCCCC[n+]1ccccc1. The number of nitrogens with zero attached hydrogens (tertiary/aromatic N) is 1. The first-order chi connectivity index (χ1) is 10.1. The summed E-state index contributed by atoms with van der Waals surface area (Å²) in [5.41, 5.74) is 0. The van der Waals surface area contributed by atoms with Crippen LogP contribution >= 0.6 is 0 Å². The van der Waals surface area contributed by atoms with E-state index in [1.165, 1.54) is 32.1 Å². The van der Waals surface area contributed by atoms with Gasteiger partial charge in [0, 0.05) is 18.6 Å². The molecule has 0 spiro atoms. The van der Waals surface area contributed by atoms with Gasteiger partial charge >= 0.3 is 10.4 Å². The molecule has 0 saturated carbocycles. The molecule has 0 saturated heterocycles. The van der Waals surface area contributed by atoms with Crippen LogP contribution in [-0.4, -0.2) is 25.1 Å². The highest BCUT2D eigenvalue weighted by molar-refractivity contribution is 7.80. The predicted molar refractivity (Wildman–Crippen MR) is 84.7 cm³/mol. The third-order valence-corrected chi connectivity index (χ3v) is 3.78. The van der Waals surface area contributed by atoms with E-state index in [9.17, 15) is 8.42 Å². The topological polar surface area (TPSA) is 99.0 Å². The number of hydrogen-bond donors (Lipinski definition) is 1. The van der Waals surface area contributed by atoms with Gasteiger partial charge in [-0.05, 0) is 12.8 Å². The highest BCUT2D eigenvalue weighted by atomic mass is 32.3. The lowest BCUT2D eigenvalue weighted by atomic mass is 10.1. The maximum Gasteiger partial charge on any atom is 0.397 e. The smallest absolute Gasteiger partial charge is 0.397 e. The Morgan fingerprint density at radius 1 is 0.818 bits per heavy atom. The van der Waals surface area contributed by atoms with E-state index in [0.717, 1.165) is 19.4 Å². The molecule has 1 heterocycles. The number of unbranched alkanes of at least 4 members (excludes halogenated alkanes) is 7. The van der Waals surface area contributed by atoms with Gasteiger partial charge in [0.25, 0.3) is 0 Å². The van der Waals surface area contributed by atoms with Crippen LogP contribution in [0.25, 0.3) is 0 Å². The molecule has 0 aliphatic rings. The van der Waals surface area contributed by atoms with E-state index in [4.69, 9.17) is 4.55 Å². The van der Waals surface area contributed by atoms with Gasteiger partial charge in [-0.2, -0.15) is 8.42 Å². The van der Waals surface area contributed by atoms with Crippen molar-refractivity contribution in [2.75, 3.05) is 6.61 Å². The first-order valence-electron chi connectivity index (χ1n) is 7.64. The van der Waals surface area contributed by atoms with Crippen molar-refractivity contribution in [2.45, 2.75) is 57.9 Å². The Bertz CT molecular complexity index is 464. The molecule has 0 radical (unpaired) electrons. The molecule has 0 unspecified atom stereocenters. The van der Waals surface area contributed by atoms with E-state index in [0.29, 0.717) is 6.42 Å². The Morgan fingerprint density at radius 2 is 1.32 bits per heavy atom. The quantitative estimate of drug-likeness (QED) is 0.359. The molecule has 3 N–H and O–H groups in total. The lowest BCUT2D eigenvalue weighted by Gasteiger charge is -2.02. The molecule has 7 heteroatoms. The van der Waals surface area contributed by atoms with Crippen LogP contribution in [0.3, 0.4) is 0 Å². The molecule has 1 aromatic heterocycles. The van der Waals surface area contributed by atoms with Crippen molar-refractivity contribution < 1.29 is 27.2 Å². The minimum atomic E-state index is -4.26. The Kier molecular flexibility index (Phi) is 11.9. The summed E-state index contributed by atoms with van der Waals surface area (Å²) in [6, 6.07) is 6.12. The van der Waals surface area contributed by atoms with E-state index in [-0.39, 0.29) is 12.1 Å². The molecule has 0 aliphatic heterocycles. The highest BCUT2D eigenvalue weighted by Gasteiger charge is 2.02. The highest BCUT2D eigenvalue weighted by Crippen LogP contribution is 2.09. The molecular formula is C15H28NO5S+. The monoisotopic (exact) mass is 334 g/mol. The summed E-state index contributed by atoms with van der Waals surface area (Å²) in [7, 11) is -4.26. The standard InChI is InChI=1S/C15H25NO4S.H2O/c17-21(18,19)20-15-11-6-4-2-1-3-5-8-12-16-13-9-7-10-14-16;/h7,9-10,13-14H,1-6,8,11-12,15H2;1H2/p+1. The van der Waals surface area contributed by atoms with E-state index in [1.54, 1.807) is 0 Å². The van der Waals surface area contributed by atoms with Crippen molar-refractivity contribution in [3.63, 3.8) is 0 Å². The molecule has 0 fully saturated rings. The number of aryl methyl sites for hydroxylation is 1. The molecule has 22 heavy (non-hydrogen) atoms. The Labute approximate surface area is 133 Å². The van der Waals surface area contributed by atoms with E-state index in [2.05, 4.69) is 21.1 Å². The second kappa shape index (κ2) is 12.5. The van der Waals surface area contributed by atoms with Crippen molar-refractivity contribution >= 4 is 10.4 Å². The molecule has 0 aliphatic carbocycles. The van der Waals surface area contributed by atoms with Crippen molar-refractivity contribution in [1.82, 2.24) is 0 Å². The molecule has 0 atom stereocenters. The molecule has 128 valence electrons. The summed E-state index contributed by atoms with van der Waals surface area (Å²) in [4.78, 5) is 0. The molecule has 0 amide bonds. The summed E-state index contributed by atoms with van der Waals surface area (Å²) in [5, 5.41) is 0. The summed E-state index contributed by atoms with van der Waals surface area (Å²) >= 11 is 0. The summed E-state index contributed by atoms with van der Waals surface area (Å²) in [6.45, 7) is 1.15. The molecule has 0 bridgehead atoms. The van der Waals surface area contributed by atoms with Gasteiger partial charge in [-0.15, -0.1) is 0 Å². The van der Waals surface area contributed by atoms with Crippen LogP contribution in [0, 0.1) is 0 Å². The Balaban J connectivity index is 0.00000441. The molecule has 1 rings (SSSR count). The fourth-order valence-electron chi connectivity index (χ4n) is 2.20. The van der Waals surface area contributed by atoms with Crippen molar-refractivity contribution in [3.05, 3.63) is 30.6 Å². The van der Waals surface area contributed by atoms with Crippen molar-refractivity contribution in [1.29, 1.82) is 0 Å². The number of aromatic nitrogens is 1. The van der Waals surface area contributed by atoms with Crippen LogP contribution in [0.4, 0.5) is 0 Å². The predicted octanol–water partition coefficient (Wildman–Crippen LogP) is 2.09. The van der Waals surface area contributed by atoms with Crippen LogP contribution < -0.4 is 4.57 Å². The lowest BCUT2D eigenvalue weighted by molar-refractivity contribution is -0.697. The van der Waals surface area contributed by atoms with Crippen LogP contribution in [0.5, 0.6) is 0 Å². The van der Waals surface area contributed by atoms with Crippen LogP contribution in [0.1, 0.15) is 51.4 Å². The summed E-state index contributed by atoms with van der Waals surface area (Å²) in [5.74, 6) is 0. The molecular weight excluding hydrogens is 306 g/mol. The van der Waals surface area contributed by atoms with E-state index >= 15 is 0 Å². The van der Waals surface area contributed by atoms with Gasteiger partial charge in [-0.25, -0.2) is 8.75 Å². The first-order valence-corrected chi connectivity index (χ1v) is 9.00. The average Bonchev–Trinajstić information content (AvgIpc) is 2.44. The second-order valence-corrected chi connectivity index (χ2v) is 6.28. The van der Waals surface area contributed by atoms with Crippen LogP contribution in [-0.2, 0) is 21.1 Å². The van der Waals surface area contributed by atoms with Gasteiger partial charge in [0.15, 0.2) is 12.4 Å². The minimum absolute atomic E-state index is 0. The zero-order chi connectivity index (χ0) is 15.4. The first kappa shape index (κ1) is 21.0. The van der Waals surface area contributed by atoms with E-state index in [1.807, 2.05) is 18.2 Å². The number of pyridine rings is 1. The van der Waals surface area contributed by atoms with Crippen molar-refractivity contribution in [2.24, 2.45) is 0 Å². The average molecular weight is 334 g/mol. The zero-order valence-corrected chi connectivity index (χ0v) is 13.8. The largest absolute Gasteiger partial charge is 0.412 e. The van der Waals surface area contributed by atoms with Gasteiger partial charge in [0.1, 0.15) is 6.54 Å². The van der Waals surface area contributed by atoms with Gasteiger partial charge in [0.05, 0.1) is 6.61 Å². The summed E-state index contributed by atoms with van der Waals surface area (Å²) < 4.78 is 35.4. The van der Waals surface area contributed by atoms with Crippen LogP contribution in [0.2, 0.25) is 0 Å². The number of hydrogen-bond acceptors (Lipinski definition) is 3. The number of rotatable bonds is 12. The van der Waals surface area contributed by atoms with Gasteiger partial charge in [-0.1, -0.05) is 38.2 Å². The van der Waals surface area contributed by atoms with Gasteiger partial charge in [-0.3, -0.25) is 4.55 Å². The fourth-order valence-corrected chi connectivity index (χ4v) is 2.53. The Morgan fingerprint density at radius 3 is 1.86 bits per heavy atom. The van der Waals surface area contributed by atoms with Gasteiger partial charge < -0.3 is 5.48 Å². The minimum Gasteiger partial charge on any atom is -0.412 e. The molecule has 0 aromatic carbocycles. The van der Waals surface area contributed by atoms with E-state index < -0.39 is 10.4 Å². The second-order valence-electron chi connectivity index (χ2n) is 5.19. The lowest BCUT2D eigenvalue weighted by Crippen LogP contribution is -2.32. The van der Waals surface area contributed by atoms with Crippen LogP contribution in [0.15, 0.2) is 30.6 Å². The third kappa shape index (κ3) is 12.7. The molecule has 6 nitrogen and oxygen atoms in total. The normalized spacial score (nSPS) is 11.1. The molecule has 1 aromatic rings. The van der Waals surface area contributed by atoms with Crippen molar-refractivity contribution in [3.8, 4) is 0 Å². The van der Waals surface area contributed by atoms with Gasteiger partial charge in [0.2, 0.25) is 0 Å². The third-order valence-electron chi connectivity index (χ3n) is 3.32. The zero-order valence-electron chi connectivity index (χ0n) is 13.0. The maximum absolute atomic E-state index is 10.3. The Hall–Kier alpha value is -1.02.